The van der Waals surface area contributed by atoms with Crippen molar-refractivity contribution in [2.45, 2.75) is 45.8 Å². The van der Waals surface area contributed by atoms with Gasteiger partial charge in [-0.25, -0.2) is 0 Å². The summed E-state index contributed by atoms with van der Waals surface area (Å²) in [7, 11) is 0. The van der Waals surface area contributed by atoms with Crippen LogP contribution in [0.4, 0.5) is 18.9 Å². The Balaban J connectivity index is 2.34. The first-order valence-corrected chi connectivity index (χ1v) is 7.38. The fourth-order valence-electron chi connectivity index (χ4n) is 2.88. The Kier molecular flexibility index (Phi) is 4.51. The van der Waals surface area contributed by atoms with Gasteiger partial charge in [-0.15, -0.1) is 0 Å². The number of hydrogen-bond acceptors (Lipinski definition) is 2. The van der Waals surface area contributed by atoms with E-state index in [-0.39, 0.29) is 17.6 Å². The lowest BCUT2D eigenvalue weighted by Crippen LogP contribution is -2.27. The van der Waals surface area contributed by atoms with Crippen LogP contribution in [-0.2, 0) is 12.7 Å². The second kappa shape index (κ2) is 5.87. The van der Waals surface area contributed by atoms with Gasteiger partial charge in [-0.2, -0.15) is 13.2 Å². The number of halogens is 3. The molecule has 2 nitrogen and oxygen atoms in total. The molecule has 2 rings (SSSR count). The third kappa shape index (κ3) is 3.90. The predicted molar refractivity (Wildman–Crippen MR) is 79.2 cm³/mol. The SMILES string of the molecule is CC1(C)CCCN(c2ccc(CN)cc2C(F)(F)F)CC1. The maximum absolute atomic E-state index is 13.3. The summed E-state index contributed by atoms with van der Waals surface area (Å²) in [6.07, 6.45) is -1.47. The summed E-state index contributed by atoms with van der Waals surface area (Å²) >= 11 is 0. The molecule has 118 valence electrons. The van der Waals surface area contributed by atoms with Gasteiger partial charge in [0.05, 0.1) is 5.56 Å². The Morgan fingerprint density at radius 2 is 1.90 bits per heavy atom. The number of rotatable bonds is 2. The minimum atomic E-state index is -4.34. The van der Waals surface area contributed by atoms with Gasteiger partial charge in [-0.3, -0.25) is 0 Å². The molecule has 0 spiro atoms. The van der Waals surface area contributed by atoms with Crippen LogP contribution in [0.25, 0.3) is 0 Å². The maximum Gasteiger partial charge on any atom is 0.418 e. The third-order valence-corrected chi connectivity index (χ3v) is 4.28. The molecule has 1 aliphatic rings. The normalized spacial score (nSPS) is 19.4. The smallest absolute Gasteiger partial charge is 0.371 e. The molecule has 0 radical (unpaired) electrons. The fraction of sp³-hybridized carbons (Fsp3) is 0.625. The van der Waals surface area contributed by atoms with Crippen LogP contribution < -0.4 is 10.6 Å². The summed E-state index contributed by atoms with van der Waals surface area (Å²) in [4.78, 5) is 1.87. The van der Waals surface area contributed by atoms with Crippen molar-refractivity contribution in [1.29, 1.82) is 0 Å². The van der Waals surface area contributed by atoms with Crippen molar-refractivity contribution in [3.63, 3.8) is 0 Å². The highest BCUT2D eigenvalue weighted by atomic mass is 19.4. The first-order valence-electron chi connectivity index (χ1n) is 7.38. The molecule has 2 N–H and O–H groups in total. The third-order valence-electron chi connectivity index (χ3n) is 4.28. The summed E-state index contributed by atoms with van der Waals surface area (Å²) < 4.78 is 39.9. The molecular weight excluding hydrogens is 277 g/mol. The topological polar surface area (TPSA) is 29.3 Å². The van der Waals surface area contributed by atoms with Gasteiger partial charge in [0.15, 0.2) is 0 Å². The van der Waals surface area contributed by atoms with Gasteiger partial charge >= 0.3 is 6.18 Å². The highest BCUT2D eigenvalue weighted by Gasteiger charge is 2.36. The van der Waals surface area contributed by atoms with Crippen LogP contribution in [-0.4, -0.2) is 13.1 Å². The molecule has 0 unspecified atom stereocenters. The molecule has 1 aromatic rings. The number of nitrogens with two attached hydrogens (primary N) is 1. The zero-order chi connectivity index (χ0) is 15.7. The molecule has 0 aliphatic carbocycles. The van der Waals surface area contributed by atoms with Crippen molar-refractivity contribution in [1.82, 2.24) is 0 Å². The molecule has 0 saturated carbocycles. The van der Waals surface area contributed by atoms with Gasteiger partial charge in [0, 0.05) is 25.3 Å². The molecule has 21 heavy (non-hydrogen) atoms. The second-order valence-electron chi connectivity index (χ2n) is 6.56. The molecule has 1 fully saturated rings. The van der Waals surface area contributed by atoms with E-state index in [0.29, 0.717) is 18.7 Å². The second-order valence-corrected chi connectivity index (χ2v) is 6.56. The van der Waals surface area contributed by atoms with Crippen molar-refractivity contribution in [3.05, 3.63) is 29.3 Å². The Labute approximate surface area is 124 Å². The van der Waals surface area contributed by atoms with E-state index in [9.17, 15) is 13.2 Å². The van der Waals surface area contributed by atoms with E-state index in [1.807, 2.05) is 4.90 Å². The van der Waals surface area contributed by atoms with Gasteiger partial charge in [-0.05, 0) is 42.4 Å². The summed E-state index contributed by atoms with van der Waals surface area (Å²) in [5.41, 5.74) is 5.91. The lowest BCUT2D eigenvalue weighted by molar-refractivity contribution is -0.137. The molecule has 0 atom stereocenters. The average molecular weight is 300 g/mol. The average Bonchev–Trinajstić information content (AvgIpc) is 2.58. The molecule has 1 heterocycles. The predicted octanol–water partition coefficient (Wildman–Crippen LogP) is 4.18. The fourth-order valence-corrected chi connectivity index (χ4v) is 2.88. The van der Waals surface area contributed by atoms with E-state index in [1.54, 1.807) is 12.1 Å². The minimum absolute atomic E-state index is 0.121. The van der Waals surface area contributed by atoms with E-state index in [1.165, 1.54) is 6.07 Å². The highest BCUT2D eigenvalue weighted by molar-refractivity contribution is 5.56. The zero-order valence-electron chi connectivity index (χ0n) is 12.6. The van der Waals surface area contributed by atoms with Gasteiger partial charge in [0.2, 0.25) is 0 Å². The first kappa shape index (κ1) is 16.1. The van der Waals surface area contributed by atoms with Crippen LogP contribution in [0.1, 0.15) is 44.2 Å². The van der Waals surface area contributed by atoms with Crippen LogP contribution in [0.3, 0.4) is 0 Å². The summed E-state index contributed by atoms with van der Waals surface area (Å²) in [5.74, 6) is 0. The van der Waals surface area contributed by atoms with E-state index < -0.39 is 11.7 Å². The van der Waals surface area contributed by atoms with E-state index in [4.69, 9.17) is 5.73 Å². The molecule has 0 amide bonds. The van der Waals surface area contributed by atoms with E-state index in [2.05, 4.69) is 13.8 Å². The van der Waals surface area contributed by atoms with Crippen LogP contribution in [0.2, 0.25) is 0 Å². The standard InChI is InChI=1S/C16H23F3N2/c1-15(2)6-3-8-21(9-7-15)14-5-4-12(11-20)10-13(14)16(17,18)19/h4-5,10H,3,6-9,11,20H2,1-2H3. The summed E-state index contributed by atoms with van der Waals surface area (Å²) in [6, 6.07) is 4.45. The van der Waals surface area contributed by atoms with Crippen LogP contribution in [0, 0.1) is 5.41 Å². The molecule has 0 aromatic heterocycles. The molecule has 1 aliphatic heterocycles. The molecule has 1 aromatic carbocycles. The van der Waals surface area contributed by atoms with Gasteiger partial charge in [0.1, 0.15) is 0 Å². The lowest BCUT2D eigenvalue weighted by Gasteiger charge is -2.27. The highest BCUT2D eigenvalue weighted by Crippen LogP contribution is 2.39. The Bertz CT molecular complexity index is 495. The summed E-state index contributed by atoms with van der Waals surface area (Å²) in [6.45, 7) is 5.82. The minimum Gasteiger partial charge on any atom is -0.371 e. The quantitative estimate of drug-likeness (QED) is 0.887. The van der Waals surface area contributed by atoms with Crippen LogP contribution in [0.15, 0.2) is 18.2 Å². The number of hydrogen-bond donors (Lipinski definition) is 1. The van der Waals surface area contributed by atoms with Crippen molar-refractivity contribution < 1.29 is 13.2 Å². The van der Waals surface area contributed by atoms with Gasteiger partial charge in [-0.1, -0.05) is 19.9 Å². The van der Waals surface area contributed by atoms with Crippen LogP contribution >= 0.6 is 0 Å². The van der Waals surface area contributed by atoms with E-state index >= 15 is 0 Å². The Morgan fingerprint density at radius 1 is 1.19 bits per heavy atom. The van der Waals surface area contributed by atoms with Crippen molar-refractivity contribution in [2.75, 3.05) is 18.0 Å². The Morgan fingerprint density at radius 3 is 2.52 bits per heavy atom. The van der Waals surface area contributed by atoms with Gasteiger partial charge in [0.25, 0.3) is 0 Å². The van der Waals surface area contributed by atoms with Crippen molar-refractivity contribution in [3.8, 4) is 0 Å². The number of anilines is 1. The number of nitrogens with zero attached hydrogens (tertiary/aromatic N) is 1. The van der Waals surface area contributed by atoms with Gasteiger partial charge < -0.3 is 10.6 Å². The Hall–Kier alpha value is -1.23. The molecule has 5 heteroatoms. The first-order chi connectivity index (χ1) is 9.73. The summed E-state index contributed by atoms with van der Waals surface area (Å²) in [5, 5.41) is 0. The maximum atomic E-state index is 13.3. The van der Waals surface area contributed by atoms with Crippen molar-refractivity contribution >= 4 is 5.69 Å². The molecule has 1 saturated heterocycles. The number of benzene rings is 1. The van der Waals surface area contributed by atoms with Crippen LogP contribution in [0.5, 0.6) is 0 Å². The van der Waals surface area contributed by atoms with E-state index in [0.717, 1.165) is 19.3 Å². The molecule has 0 bridgehead atoms. The zero-order valence-corrected chi connectivity index (χ0v) is 12.6. The largest absolute Gasteiger partial charge is 0.418 e. The van der Waals surface area contributed by atoms with Crippen molar-refractivity contribution in [2.24, 2.45) is 11.1 Å². The monoisotopic (exact) mass is 300 g/mol. The lowest BCUT2D eigenvalue weighted by atomic mass is 9.85. The number of alkyl halides is 3. The molecular formula is C16H23F3N2.